The number of hydrogen-bond donors (Lipinski definition) is 2. The Kier molecular flexibility index (Phi) is 5.36. The number of piperazine rings is 1. The quantitative estimate of drug-likeness (QED) is 0.647. The van der Waals surface area contributed by atoms with E-state index in [9.17, 15) is 14.0 Å². The number of fused-ring (bicyclic) bond motifs is 1. The van der Waals surface area contributed by atoms with Crippen LogP contribution in [0.2, 0.25) is 0 Å². The predicted octanol–water partition coefficient (Wildman–Crippen LogP) is 2.52. The van der Waals surface area contributed by atoms with Gasteiger partial charge in [-0.25, -0.2) is 9.37 Å². The number of carbonyl (C=O) groups excluding carboxylic acids is 2. The van der Waals surface area contributed by atoms with E-state index in [4.69, 9.17) is 0 Å². The van der Waals surface area contributed by atoms with E-state index in [1.54, 1.807) is 12.3 Å². The van der Waals surface area contributed by atoms with Crippen LogP contribution in [0.5, 0.6) is 0 Å². The minimum atomic E-state index is -0.981. The fourth-order valence-corrected chi connectivity index (χ4v) is 5.82. The molecule has 3 fully saturated rings. The highest BCUT2D eigenvalue weighted by Gasteiger charge is 2.56. The third-order valence-electron chi connectivity index (χ3n) is 7.82. The molecule has 184 valence electrons. The molecule has 4 heterocycles. The predicted molar refractivity (Wildman–Crippen MR) is 130 cm³/mol. The number of aromatic nitrogens is 2. The number of anilines is 4. The van der Waals surface area contributed by atoms with E-state index in [2.05, 4.69) is 37.4 Å². The van der Waals surface area contributed by atoms with Crippen molar-refractivity contribution in [3.63, 3.8) is 0 Å². The number of nitrogens with zero attached hydrogens (tertiary/aromatic N) is 5. The van der Waals surface area contributed by atoms with Gasteiger partial charge in [-0.3, -0.25) is 14.5 Å². The lowest BCUT2D eigenvalue weighted by Crippen LogP contribution is -2.48. The number of amides is 2. The molecule has 0 radical (unpaired) electrons. The SMILES string of the molecule is CN1CCN(c2ccc(Nc3ncc4c(n3)NC3(CC(=O)N(C5CCCC5)C3=O)C4)c(F)c2)CC1. The van der Waals surface area contributed by atoms with Crippen LogP contribution < -0.4 is 15.5 Å². The van der Waals surface area contributed by atoms with E-state index in [-0.39, 0.29) is 41.7 Å². The zero-order valence-electron chi connectivity index (χ0n) is 19.9. The van der Waals surface area contributed by atoms with E-state index < -0.39 is 5.54 Å². The smallest absolute Gasteiger partial charge is 0.256 e. The molecule has 1 saturated carbocycles. The number of rotatable bonds is 4. The number of nitrogens with one attached hydrogen (secondary N) is 2. The zero-order chi connectivity index (χ0) is 24.2. The summed E-state index contributed by atoms with van der Waals surface area (Å²) >= 11 is 0. The van der Waals surface area contributed by atoms with Gasteiger partial charge in [0.05, 0.1) is 12.1 Å². The third kappa shape index (κ3) is 3.89. The first-order valence-corrected chi connectivity index (χ1v) is 12.4. The molecule has 10 heteroatoms. The van der Waals surface area contributed by atoms with Crippen molar-refractivity contribution in [1.82, 2.24) is 19.8 Å². The van der Waals surface area contributed by atoms with Crippen LogP contribution in [0, 0.1) is 5.82 Å². The van der Waals surface area contributed by atoms with Crippen molar-refractivity contribution in [2.45, 2.75) is 50.1 Å². The van der Waals surface area contributed by atoms with E-state index in [0.717, 1.165) is 63.1 Å². The van der Waals surface area contributed by atoms with Gasteiger partial charge in [-0.15, -0.1) is 0 Å². The highest BCUT2D eigenvalue weighted by atomic mass is 19.1. The van der Waals surface area contributed by atoms with Gasteiger partial charge in [-0.2, -0.15) is 4.98 Å². The minimum absolute atomic E-state index is 0.0139. The molecule has 35 heavy (non-hydrogen) atoms. The number of hydrogen-bond acceptors (Lipinski definition) is 8. The molecular weight excluding hydrogens is 449 g/mol. The molecule has 2 saturated heterocycles. The summed E-state index contributed by atoms with van der Waals surface area (Å²) in [6.07, 6.45) is 6.03. The summed E-state index contributed by atoms with van der Waals surface area (Å²) in [5, 5.41) is 6.20. The molecular formula is C25H30FN7O2. The Bertz CT molecular complexity index is 1180. The monoisotopic (exact) mass is 479 g/mol. The van der Waals surface area contributed by atoms with Crippen LogP contribution >= 0.6 is 0 Å². The Morgan fingerprint density at radius 1 is 1.11 bits per heavy atom. The first-order valence-electron chi connectivity index (χ1n) is 12.4. The third-order valence-corrected chi connectivity index (χ3v) is 7.82. The van der Waals surface area contributed by atoms with Crippen molar-refractivity contribution >= 4 is 35.0 Å². The molecule has 1 aliphatic carbocycles. The summed E-state index contributed by atoms with van der Waals surface area (Å²) in [5.74, 6) is 0.109. The molecule has 4 aliphatic rings. The Morgan fingerprint density at radius 3 is 2.63 bits per heavy atom. The van der Waals surface area contributed by atoms with Crippen LogP contribution in [-0.4, -0.2) is 76.4 Å². The van der Waals surface area contributed by atoms with Crippen molar-refractivity contribution in [2.75, 3.05) is 48.8 Å². The lowest BCUT2D eigenvalue weighted by atomic mass is 9.94. The summed E-state index contributed by atoms with van der Waals surface area (Å²) in [5.41, 5.74) is 0.951. The first kappa shape index (κ1) is 22.2. The van der Waals surface area contributed by atoms with Crippen molar-refractivity contribution in [3.8, 4) is 0 Å². The molecule has 2 N–H and O–H groups in total. The van der Waals surface area contributed by atoms with Crippen molar-refractivity contribution in [3.05, 3.63) is 35.8 Å². The van der Waals surface area contributed by atoms with E-state index in [1.807, 2.05) is 6.07 Å². The topological polar surface area (TPSA) is 93.7 Å². The molecule has 9 nitrogen and oxygen atoms in total. The standard InChI is InChI=1S/C25H30FN7O2/c1-31-8-10-32(11-9-31)18-6-7-20(19(26)12-18)28-24-27-15-16-13-25(30-22(16)29-24)14-21(34)33(23(25)35)17-4-2-3-5-17/h6-7,12,15,17H,2-5,8-11,13-14H2,1H3,(H2,27,28,29,30). The average Bonchev–Trinajstić information content (AvgIpc) is 3.54. The van der Waals surface area contributed by atoms with Gasteiger partial charge in [-0.05, 0) is 38.1 Å². The number of likely N-dealkylation sites (N-methyl/N-ethyl adjacent to an activating group) is 1. The zero-order valence-corrected chi connectivity index (χ0v) is 19.9. The van der Waals surface area contributed by atoms with E-state index in [1.165, 1.54) is 11.0 Å². The second kappa shape index (κ2) is 8.44. The largest absolute Gasteiger partial charge is 0.369 e. The Hall–Kier alpha value is -3.27. The van der Waals surface area contributed by atoms with Crippen molar-refractivity contribution in [2.24, 2.45) is 0 Å². The number of carbonyl (C=O) groups is 2. The van der Waals surface area contributed by atoms with Crippen LogP contribution in [-0.2, 0) is 16.0 Å². The van der Waals surface area contributed by atoms with Gasteiger partial charge in [0.2, 0.25) is 11.9 Å². The van der Waals surface area contributed by atoms with Crippen LogP contribution in [0.1, 0.15) is 37.7 Å². The normalized spacial score (nSPS) is 25.0. The maximum absolute atomic E-state index is 14.9. The van der Waals surface area contributed by atoms with Gasteiger partial charge in [0, 0.05) is 56.1 Å². The van der Waals surface area contributed by atoms with Gasteiger partial charge in [0.25, 0.3) is 5.91 Å². The maximum Gasteiger partial charge on any atom is 0.256 e. The lowest BCUT2D eigenvalue weighted by molar-refractivity contribution is -0.142. The minimum Gasteiger partial charge on any atom is -0.369 e. The van der Waals surface area contributed by atoms with Crippen molar-refractivity contribution < 1.29 is 14.0 Å². The molecule has 2 amide bonds. The molecule has 1 aromatic heterocycles. The van der Waals surface area contributed by atoms with Crippen LogP contribution in [0.3, 0.4) is 0 Å². The molecule has 1 spiro atoms. The Balaban J connectivity index is 1.17. The van der Waals surface area contributed by atoms with Crippen LogP contribution in [0.25, 0.3) is 0 Å². The van der Waals surface area contributed by atoms with Gasteiger partial charge in [-0.1, -0.05) is 12.8 Å². The Morgan fingerprint density at radius 2 is 1.89 bits per heavy atom. The summed E-state index contributed by atoms with van der Waals surface area (Å²) in [7, 11) is 2.09. The lowest BCUT2D eigenvalue weighted by Gasteiger charge is -2.34. The van der Waals surface area contributed by atoms with Crippen molar-refractivity contribution in [1.29, 1.82) is 0 Å². The summed E-state index contributed by atoms with van der Waals surface area (Å²) < 4.78 is 14.9. The van der Waals surface area contributed by atoms with Gasteiger partial charge >= 0.3 is 0 Å². The van der Waals surface area contributed by atoms with Crippen LogP contribution in [0.15, 0.2) is 24.4 Å². The highest BCUT2D eigenvalue weighted by Crippen LogP contribution is 2.41. The maximum atomic E-state index is 14.9. The fourth-order valence-electron chi connectivity index (χ4n) is 5.82. The van der Waals surface area contributed by atoms with Gasteiger partial charge in [0.1, 0.15) is 17.2 Å². The van der Waals surface area contributed by atoms with E-state index >= 15 is 0 Å². The molecule has 0 bridgehead atoms. The molecule has 1 atom stereocenters. The summed E-state index contributed by atoms with van der Waals surface area (Å²) in [6, 6.07) is 5.15. The number of imide groups is 1. The molecule has 2 aromatic rings. The second-order valence-electron chi connectivity index (χ2n) is 10.2. The van der Waals surface area contributed by atoms with Crippen LogP contribution in [0.4, 0.5) is 27.5 Å². The number of likely N-dealkylation sites (tertiary alicyclic amines) is 1. The average molecular weight is 480 g/mol. The summed E-state index contributed by atoms with van der Waals surface area (Å²) in [4.78, 5) is 40.9. The number of benzene rings is 1. The highest BCUT2D eigenvalue weighted by molar-refractivity contribution is 6.11. The van der Waals surface area contributed by atoms with Gasteiger partial charge in [0.15, 0.2) is 0 Å². The fraction of sp³-hybridized carbons (Fsp3) is 0.520. The van der Waals surface area contributed by atoms with E-state index in [0.29, 0.717) is 12.2 Å². The Labute approximate surface area is 203 Å². The molecule has 6 rings (SSSR count). The summed E-state index contributed by atoms with van der Waals surface area (Å²) in [6.45, 7) is 3.63. The first-order chi connectivity index (χ1) is 16.9. The number of halogens is 1. The van der Waals surface area contributed by atoms with Gasteiger partial charge < -0.3 is 20.4 Å². The molecule has 1 aromatic carbocycles. The second-order valence-corrected chi connectivity index (χ2v) is 10.2. The molecule has 3 aliphatic heterocycles. The molecule has 1 unspecified atom stereocenters.